The van der Waals surface area contributed by atoms with Gasteiger partial charge in [0.05, 0.1) is 24.6 Å². The Morgan fingerprint density at radius 3 is 2.75 bits per heavy atom. The van der Waals surface area contributed by atoms with Crippen LogP contribution < -0.4 is 10.6 Å². The Morgan fingerprint density at radius 1 is 1.50 bits per heavy atom. The predicted molar refractivity (Wildman–Crippen MR) is 44.6 cm³/mol. The van der Waals surface area contributed by atoms with E-state index in [4.69, 9.17) is 0 Å². The number of anilines is 1. The van der Waals surface area contributed by atoms with E-state index in [0.717, 1.165) is 0 Å². The third-order valence-electron chi connectivity index (χ3n) is 1.18. The molecule has 1 heterocycles. The second-order valence-corrected chi connectivity index (χ2v) is 2.21. The van der Waals surface area contributed by atoms with Gasteiger partial charge < -0.3 is 10.6 Å². The van der Waals surface area contributed by atoms with Crippen LogP contribution >= 0.6 is 0 Å². The molecule has 1 amide bonds. The number of aromatic nitrogens is 2. The van der Waals surface area contributed by atoms with Crippen LogP contribution in [0.2, 0.25) is 0 Å². The van der Waals surface area contributed by atoms with Crippen molar-refractivity contribution in [3.05, 3.63) is 18.7 Å². The molecule has 0 atom stereocenters. The number of rotatable bonds is 3. The van der Waals surface area contributed by atoms with Crippen molar-refractivity contribution in [1.29, 1.82) is 0 Å². The van der Waals surface area contributed by atoms with E-state index in [2.05, 4.69) is 20.6 Å². The molecule has 0 aliphatic carbocycles. The summed E-state index contributed by atoms with van der Waals surface area (Å²) in [6, 6.07) is 0. The molecular formula is C7H10N4O. The standard InChI is InChI=1S/C7H10N4O/c1-8-4-7(12)11-6-2-9-5-10-3-6/h2-3,5,8H,4H2,1H3,(H,11,12). The van der Waals surface area contributed by atoms with Crippen LogP contribution in [0.25, 0.3) is 0 Å². The summed E-state index contributed by atoms with van der Waals surface area (Å²) in [5.41, 5.74) is 0.609. The van der Waals surface area contributed by atoms with Crippen molar-refractivity contribution in [2.24, 2.45) is 0 Å². The van der Waals surface area contributed by atoms with Gasteiger partial charge in [0.25, 0.3) is 0 Å². The topological polar surface area (TPSA) is 66.9 Å². The second kappa shape index (κ2) is 4.40. The SMILES string of the molecule is CNCC(=O)Nc1cncnc1. The van der Waals surface area contributed by atoms with Crippen molar-refractivity contribution in [3.8, 4) is 0 Å². The van der Waals surface area contributed by atoms with Crippen molar-refractivity contribution in [2.45, 2.75) is 0 Å². The lowest BCUT2D eigenvalue weighted by atomic mass is 10.5. The zero-order valence-corrected chi connectivity index (χ0v) is 6.74. The van der Waals surface area contributed by atoms with E-state index in [1.807, 2.05) is 0 Å². The lowest BCUT2D eigenvalue weighted by Crippen LogP contribution is -2.25. The van der Waals surface area contributed by atoms with Gasteiger partial charge in [-0.05, 0) is 7.05 Å². The number of nitrogens with zero attached hydrogens (tertiary/aromatic N) is 2. The van der Waals surface area contributed by atoms with Gasteiger partial charge in [-0.15, -0.1) is 0 Å². The zero-order valence-electron chi connectivity index (χ0n) is 6.74. The molecule has 0 fully saturated rings. The molecule has 5 nitrogen and oxygen atoms in total. The average Bonchev–Trinajstić information content (AvgIpc) is 2.06. The molecule has 12 heavy (non-hydrogen) atoms. The Hall–Kier alpha value is -1.49. The number of hydrogen-bond donors (Lipinski definition) is 2. The maximum atomic E-state index is 11.0. The van der Waals surface area contributed by atoms with Gasteiger partial charge in [-0.25, -0.2) is 9.97 Å². The van der Waals surface area contributed by atoms with E-state index >= 15 is 0 Å². The van der Waals surface area contributed by atoms with Crippen molar-refractivity contribution in [2.75, 3.05) is 18.9 Å². The van der Waals surface area contributed by atoms with Crippen LogP contribution in [0, 0.1) is 0 Å². The van der Waals surface area contributed by atoms with Crippen molar-refractivity contribution < 1.29 is 4.79 Å². The van der Waals surface area contributed by atoms with Crippen LogP contribution in [0.4, 0.5) is 5.69 Å². The minimum Gasteiger partial charge on any atom is -0.322 e. The Kier molecular flexibility index (Phi) is 3.16. The van der Waals surface area contributed by atoms with E-state index in [1.165, 1.54) is 6.33 Å². The lowest BCUT2D eigenvalue weighted by Gasteiger charge is -2.01. The minimum absolute atomic E-state index is 0.104. The molecule has 0 aromatic carbocycles. The number of hydrogen-bond acceptors (Lipinski definition) is 4. The Balaban J connectivity index is 2.47. The number of likely N-dealkylation sites (N-methyl/N-ethyl adjacent to an activating group) is 1. The summed E-state index contributed by atoms with van der Waals surface area (Å²) in [7, 11) is 1.71. The van der Waals surface area contributed by atoms with Gasteiger partial charge in [0.15, 0.2) is 0 Å². The number of carbonyl (C=O) groups is 1. The Bertz CT molecular complexity index is 249. The first kappa shape index (κ1) is 8.61. The van der Waals surface area contributed by atoms with Crippen LogP contribution in [0.3, 0.4) is 0 Å². The van der Waals surface area contributed by atoms with E-state index in [-0.39, 0.29) is 12.5 Å². The molecule has 0 aliphatic rings. The van der Waals surface area contributed by atoms with Gasteiger partial charge in [0.2, 0.25) is 5.91 Å². The van der Waals surface area contributed by atoms with Gasteiger partial charge in [0.1, 0.15) is 6.33 Å². The van der Waals surface area contributed by atoms with Crippen molar-refractivity contribution in [1.82, 2.24) is 15.3 Å². The smallest absolute Gasteiger partial charge is 0.238 e. The fraction of sp³-hybridized carbons (Fsp3) is 0.286. The van der Waals surface area contributed by atoms with Crippen LogP contribution in [-0.4, -0.2) is 29.5 Å². The highest BCUT2D eigenvalue weighted by atomic mass is 16.1. The first-order valence-electron chi connectivity index (χ1n) is 3.52. The fourth-order valence-electron chi connectivity index (χ4n) is 0.729. The molecular weight excluding hydrogens is 156 g/mol. The first-order chi connectivity index (χ1) is 5.83. The molecule has 0 unspecified atom stereocenters. The Labute approximate surface area is 70.2 Å². The maximum absolute atomic E-state index is 11.0. The molecule has 0 radical (unpaired) electrons. The predicted octanol–water partition coefficient (Wildman–Crippen LogP) is -0.366. The first-order valence-corrected chi connectivity index (χ1v) is 3.52. The molecule has 64 valence electrons. The molecule has 0 aliphatic heterocycles. The average molecular weight is 166 g/mol. The third kappa shape index (κ3) is 2.63. The quantitative estimate of drug-likeness (QED) is 0.643. The number of nitrogens with one attached hydrogen (secondary N) is 2. The molecule has 1 rings (SSSR count). The summed E-state index contributed by atoms with van der Waals surface area (Å²) < 4.78 is 0. The Morgan fingerprint density at radius 2 is 2.17 bits per heavy atom. The van der Waals surface area contributed by atoms with Gasteiger partial charge >= 0.3 is 0 Å². The summed E-state index contributed by atoms with van der Waals surface area (Å²) >= 11 is 0. The van der Waals surface area contributed by atoms with Crippen LogP contribution in [0.5, 0.6) is 0 Å². The number of carbonyl (C=O) groups excluding carboxylic acids is 1. The van der Waals surface area contributed by atoms with E-state index in [0.29, 0.717) is 5.69 Å². The van der Waals surface area contributed by atoms with Crippen LogP contribution in [0.1, 0.15) is 0 Å². The van der Waals surface area contributed by atoms with Crippen LogP contribution in [0.15, 0.2) is 18.7 Å². The molecule has 2 N–H and O–H groups in total. The molecule has 0 bridgehead atoms. The summed E-state index contributed by atoms with van der Waals surface area (Å²) in [4.78, 5) is 18.5. The summed E-state index contributed by atoms with van der Waals surface area (Å²) in [6.45, 7) is 0.287. The normalized spacial score (nSPS) is 9.42. The molecule has 1 aromatic heterocycles. The highest BCUT2D eigenvalue weighted by Gasteiger charge is 1.98. The van der Waals surface area contributed by atoms with Crippen molar-refractivity contribution in [3.63, 3.8) is 0 Å². The summed E-state index contributed by atoms with van der Waals surface area (Å²) in [5, 5.41) is 5.35. The molecule has 1 aromatic rings. The highest BCUT2D eigenvalue weighted by Crippen LogP contribution is 1.98. The summed E-state index contributed by atoms with van der Waals surface area (Å²) in [5.74, 6) is -0.104. The second-order valence-electron chi connectivity index (χ2n) is 2.21. The number of amides is 1. The van der Waals surface area contributed by atoms with Gasteiger partial charge in [-0.3, -0.25) is 4.79 Å². The van der Waals surface area contributed by atoms with Gasteiger partial charge in [-0.1, -0.05) is 0 Å². The maximum Gasteiger partial charge on any atom is 0.238 e. The van der Waals surface area contributed by atoms with Gasteiger partial charge in [0, 0.05) is 0 Å². The monoisotopic (exact) mass is 166 g/mol. The van der Waals surface area contributed by atoms with E-state index in [9.17, 15) is 4.79 Å². The molecule has 0 spiro atoms. The zero-order chi connectivity index (χ0) is 8.81. The van der Waals surface area contributed by atoms with Crippen LogP contribution in [-0.2, 0) is 4.79 Å². The largest absolute Gasteiger partial charge is 0.322 e. The lowest BCUT2D eigenvalue weighted by molar-refractivity contribution is -0.115. The molecule has 5 heteroatoms. The van der Waals surface area contributed by atoms with Crippen molar-refractivity contribution >= 4 is 11.6 Å². The third-order valence-corrected chi connectivity index (χ3v) is 1.18. The minimum atomic E-state index is -0.104. The van der Waals surface area contributed by atoms with E-state index in [1.54, 1.807) is 19.4 Å². The van der Waals surface area contributed by atoms with Gasteiger partial charge in [-0.2, -0.15) is 0 Å². The summed E-state index contributed by atoms with van der Waals surface area (Å²) in [6.07, 6.45) is 4.49. The fourth-order valence-corrected chi connectivity index (χ4v) is 0.729. The van der Waals surface area contributed by atoms with E-state index < -0.39 is 0 Å². The molecule has 0 saturated carbocycles. The molecule has 0 saturated heterocycles. The highest BCUT2D eigenvalue weighted by molar-refractivity contribution is 5.91.